The summed E-state index contributed by atoms with van der Waals surface area (Å²) in [6.45, 7) is 10.1. The zero-order valence-corrected chi connectivity index (χ0v) is 12.3. The Morgan fingerprint density at radius 2 is 1.89 bits per heavy atom. The predicted molar refractivity (Wildman–Crippen MR) is 76.5 cm³/mol. The van der Waals surface area contributed by atoms with Gasteiger partial charge in [0, 0.05) is 6.42 Å². The first kappa shape index (κ1) is 15.1. The third kappa shape index (κ3) is 3.52. The van der Waals surface area contributed by atoms with E-state index in [4.69, 9.17) is 5.26 Å². The molecule has 0 spiro atoms. The molecule has 0 saturated heterocycles. The smallest absolute Gasteiger partial charge is 0.113 e. The average Bonchev–Trinajstić information content (AvgIpc) is 2.36. The summed E-state index contributed by atoms with van der Waals surface area (Å²) >= 11 is 0. The Morgan fingerprint density at radius 3 is 2.33 bits per heavy atom. The molecular weight excluding hydrogens is 244 g/mol. The molecule has 0 radical (unpaired) electrons. The molecule has 1 aromatic rings. The van der Waals surface area contributed by atoms with Gasteiger partial charge in [-0.15, -0.1) is 6.58 Å². The topological polar surface area (TPSA) is 49.7 Å². The summed E-state index contributed by atoms with van der Waals surface area (Å²) in [7, 11) is -1.92. The monoisotopic (exact) mass is 266 g/mol. The molecule has 3 nitrogen and oxygen atoms in total. The van der Waals surface area contributed by atoms with E-state index in [1.807, 2.05) is 18.2 Å². The summed E-state index contributed by atoms with van der Waals surface area (Å²) in [5.41, 5.74) is 0. The third-order valence-electron chi connectivity index (χ3n) is 3.37. The third-order valence-corrected chi connectivity index (χ3v) is 7.07. The van der Waals surface area contributed by atoms with E-state index < -0.39 is 20.3 Å². The van der Waals surface area contributed by atoms with Crippen LogP contribution in [0.25, 0.3) is 0 Å². The molecule has 0 aromatic heterocycles. The van der Waals surface area contributed by atoms with Crippen LogP contribution in [0.15, 0.2) is 42.1 Å². The van der Waals surface area contributed by atoms with E-state index >= 15 is 0 Å². The number of aliphatic hydroxyl groups is 1. The fourth-order valence-electron chi connectivity index (χ4n) is 2.00. The van der Waals surface area contributed by atoms with Gasteiger partial charge >= 0.3 is 0 Å². The summed E-state index contributed by atoms with van der Waals surface area (Å²) in [6.07, 6.45) is -0.676. The van der Waals surface area contributed by atoms with Crippen LogP contribution in [0.4, 0.5) is 0 Å². The van der Waals surface area contributed by atoms with Gasteiger partial charge in [-0.05, 0) is 6.92 Å². The van der Waals surface area contributed by atoms with Crippen molar-refractivity contribution in [1.29, 1.82) is 0 Å². The van der Waals surface area contributed by atoms with E-state index in [9.17, 15) is 5.11 Å². The molecule has 0 saturated carbocycles. The second-order valence-corrected chi connectivity index (χ2v) is 9.66. The van der Waals surface area contributed by atoms with Crippen LogP contribution in [0.3, 0.4) is 0 Å². The Balaban J connectivity index is 2.93. The first-order valence-electron chi connectivity index (χ1n) is 6.12. The highest BCUT2D eigenvalue weighted by atomic mass is 28.3. The number of hydrogen-bond donors (Lipinski definition) is 2. The van der Waals surface area contributed by atoms with Gasteiger partial charge in [0.25, 0.3) is 0 Å². The maximum absolute atomic E-state index is 9.42. The van der Waals surface area contributed by atoms with E-state index in [-0.39, 0.29) is 0 Å². The number of hydrogen-bond acceptors (Lipinski definition) is 3. The molecule has 0 fully saturated rings. The summed E-state index contributed by atoms with van der Waals surface area (Å²) in [6, 6.07) is 10.1. The second-order valence-electron chi connectivity index (χ2n) is 5.20. The normalized spacial score (nSPS) is 15.2. The molecule has 1 unspecified atom stereocenters. The number of benzene rings is 1. The second kappa shape index (κ2) is 6.29. The van der Waals surface area contributed by atoms with Crippen LogP contribution in [0.1, 0.15) is 13.3 Å². The van der Waals surface area contributed by atoms with E-state index in [1.165, 1.54) is 5.19 Å². The molecule has 0 heterocycles. The molecule has 1 aromatic carbocycles. The molecule has 0 bridgehead atoms. The SMILES string of the molecule is C=C(C(C[C@@H](C)O)OO)[Si](C)(C)c1ccccc1. The maximum Gasteiger partial charge on any atom is 0.113 e. The maximum atomic E-state index is 9.42. The van der Waals surface area contributed by atoms with Gasteiger partial charge in [-0.2, -0.15) is 0 Å². The molecule has 1 rings (SSSR count). The summed E-state index contributed by atoms with van der Waals surface area (Å²) < 4.78 is 0. The van der Waals surface area contributed by atoms with Crippen molar-refractivity contribution in [3.8, 4) is 0 Å². The fourth-order valence-corrected chi connectivity index (χ4v) is 4.37. The molecule has 2 N–H and O–H groups in total. The Labute approximate surface area is 110 Å². The van der Waals surface area contributed by atoms with Crippen LogP contribution in [0.5, 0.6) is 0 Å². The van der Waals surface area contributed by atoms with E-state index in [2.05, 4.69) is 36.7 Å². The standard InChI is InChI=1S/C14H22O3Si/c1-11(15)10-14(17-16)12(2)18(3,4)13-8-6-5-7-9-13/h5-9,11,14-16H,2,10H2,1,3-4H3/t11-,14?/m1/s1. The van der Waals surface area contributed by atoms with Crippen LogP contribution in [0, 0.1) is 0 Å². The van der Waals surface area contributed by atoms with Crippen LogP contribution in [-0.4, -0.2) is 30.6 Å². The van der Waals surface area contributed by atoms with Crippen molar-refractivity contribution in [2.24, 2.45) is 0 Å². The van der Waals surface area contributed by atoms with Gasteiger partial charge in [0.2, 0.25) is 0 Å². The molecule has 0 amide bonds. The van der Waals surface area contributed by atoms with E-state index in [0.29, 0.717) is 6.42 Å². The zero-order valence-electron chi connectivity index (χ0n) is 11.3. The first-order chi connectivity index (χ1) is 8.39. The molecular formula is C14H22O3Si. The predicted octanol–water partition coefficient (Wildman–Crippen LogP) is 2.33. The lowest BCUT2D eigenvalue weighted by Crippen LogP contribution is -2.47. The minimum atomic E-state index is -1.92. The van der Waals surface area contributed by atoms with Crippen LogP contribution >= 0.6 is 0 Å². The van der Waals surface area contributed by atoms with Crippen molar-refractivity contribution in [2.45, 2.75) is 38.6 Å². The van der Waals surface area contributed by atoms with Gasteiger partial charge in [0.1, 0.15) is 14.2 Å². The highest BCUT2D eigenvalue weighted by Crippen LogP contribution is 2.21. The Hall–Kier alpha value is -0.943. The van der Waals surface area contributed by atoms with Crippen molar-refractivity contribution >= 4 is 13.3 Å². The Kier molecular flexibility index (Phi) is 5.28. The van der Waals surface area contributed by atoms with E-state index in [1.54, 1.807) is 6.92 Å². The molecule has 0 aliphatic heterocycles. The number of rotatable bonds is 6. The van der Waals surface area contributed by atoms with Crippen LogP contribution in [0.2, 0.25) is 13.1 Å². The van der Waals surface area contributed by atoms with Crippen LogP contribution < -0.4 is 5.19 Å². The molecule has 2 atom stereocenters. The first-order valence-corrected chi connectivity index (χ1v) is 9.12. The van der Waals surface area contributed by atoms with Crippen molar-refractivity contribution < 1.29 is 15.3 Å². The molecule has 0 aliphatic carbocycles. The van der Waals surface area contributed by atoms with Gasteiger partial charge < -0.3 is 5.11 Å². The fraction of sp³-hybridized carbons (Fsp3) is 0.429. The van der Waals surface area contributed by atoms with Crippen molar-refractivity contribution in [3.05, 3.63) is 42.1 Å². The lowest BCUT2D eigenvalue weighted by atomic mass is 10.2. The van der Waals surface area contributed by atoms with Crippen LogP contribution in [-0.2, 0) is 4.89 Å². The number of aliphatic hydroxyl groups excluding tert-OH is 1. The van der Waals surface area contributed by atoms with E-state index in [0.717, 1.165) is 5.20 Å². The van der Waals surface area contributed by atoms with Gasteiger partial charge in [-0.3, -0.25) is 5.26 Å². The summed E-state index contributed by atoms with van der Waals surface area (Å²) in [5, 5.41) is 20.6. The summed E-state index contributed by atoms with van der Waals surface area (Å²) in [5.74, 6) is 0. The molecule has 100 valence electrons. The highest BCUT2D eigenvalue weighted by Gasteiger charge is 2.33. The quantitative estimate of drug-likeness (QED) is 0.472. The van der Waals surface area contributed by atoms with Gasteiger partial charge in [0.15, 0.2) is 0 Å². The van der Waals surface area contributed by atoms with Crippen molar-refractivity contribution in [3.63, 3.8) is 0 Å². The minimum Gasteiger partial charge on any atom is -0.393 e. The largest absolute Gasteiger partial charge is 0.393 e. The minimum absolute atomic E-state index is 0.360. The molecule has 4 heteroatoms. The average molecular weight is 266 g/mol. The van der Waals surface area contributed by atoms with Gasteiger partial charge in [0.05, 0.1) is 6.10 Å². The van der Waals surface area contributed by atoms with Gasteiger partial charge in [-0.25, -0.2) is 4.89 Å². The van der Waals surface area contributed by atoms with Crippen molar-refractivity contribution in [1.82, 2.24) is 0 Å². The Bertz CT molecular complexity index is 387. The zero-order chi connectivity index (χ0) is 13.8. The summed E-state index contributed by atoms with van der Waals surface area (Å²) in [4.78, 5) is 4.51. The lowest BCUT2D eigenvalue weighted by molar-refractivity contribution is -0.271. The molecule has 0 aliphatic rings. The van der Waals surface area contributed by atoms with Crippen molar-refractivity contribution in [2.75, 3.05) is 0 Å². The lowest BCUT2D eigenvalue weighted by Gasteiger charge is -2.30. The Morgan fingerprint density at radius 1 is 1.33 bits per heavy atom. The van der Waals surface area contributed by atoms with Gasteiger partial charge in [-0.1, -0.05) is 53.8 Å². The molecule has 18 heavy (non-hydrogen) atoms. The highest BCUT2D eigenvalue weighted by molar-refractivity contribution is 6.95.